The number of alkyl halides is 2. The molecular weight excluding hydrogens is 390 g/mol. The first-order valence-corrected chi connectivity index (χ1v) is 9.94. The van der Waals surface area contributed by atoms with E-state index in [2.05, 4.69) is 19.9 Å². The van der Waals surface area contributed by atoms with Crippen LogP contribution in [0.4, 0.5) is 14.7 Å². The fourth-order valence-corrected chi connectivity index (χ4v) is 3.96. The fourth-order valence-electron chi connectivity index (χ4n) is 3.96. The molecule has 30 heavy (non-hydrogen) atoms. The van der Waals surface area contributed by atoms with Gasteiger partial charge >= 0.3 is 0 Å². The van der Waals surface area contributed by atoms with Gasteiger partial charge in [-0.05, 0) is 31.5 Å². The number of aromatic nitrogens is 4. The van der Waals surface area contributed by atoms with Crippen LogP contribution in [-0.4, -0.2) is 51.5 Å². The zero-order valence-electron chi connectivity index (χ0n) is 17.0. The number of hydrogen-bond donors (Lipinski definition) is 0. The number of rotatable bonds is 6. The van der Waals surface area contributed by atoms with Gasteiger partial charge in [-0.2, -0.15) is 0 Å². The molecule has 1 unspecified atom stereocenters. The van der Waals surface area contributed by atoms with Crippen molar-refractivity contribution in [1.82, 2.24) is 24.4 Å². The average molecular weight is 414 g/mol. The van der Waals surface area contributed by atoms with E-state index >= 15 is 0 Å². The van der Waals surface area contributed by atoms with Gasteiger partial charge in [0.2, 0.25) is 5.95 Å². The Morgan fingerprint density at radius 2 is 1.93 bits per heavy atom. The highest BCUT2D eigenvalue weighted by molar-refractivity contribution is 5.77. The van der Waals surface area contributed by atoms with Gasteiger partial charge in [-0.1, -0.05) is 12.1 Å². The van der Waals surface area contributed by atoms with E-state index in [9.17, 15) is 13.6 Å². The van der Waals surface area contributed by atoms with Crippen molar-refractivity contribution < 1.29 is 8.78 Å². The molecule has 158 valence electrons. The van der Waals surface area contributed by atoms with Crippen LogP contribution in [-0.2, 0) is 13.1 Å². The maximum Gasteiger partial charge on any atom is 0.261 e. The summed E-state index contributed by atoms with van der Waals surface area (Å²) in [5.74, 6) is 1.03. The van der Waals surface area contributed by atoms with E-state index in [0.717, 1.165) is 29.5 Å². The molecule has 3 aromatic rings. The molecule has 0 N–H and O–H groups in total. The Balaban J connectivity index is 1.70. The zero-order chi connectivity index (χ0) is 21.3. The second-order valence-corrected chi connectivity index (χ2v) is 7.71. The molecule has 2 aromatic heterocycles. The van der Waals surface area contributed by atoms with Crippen LogP contribution in [0.5, 0.6) is 0 Å². The quantitative estimate of drug-likeness (QED) is 0.618. The number of para-hydroxylation sites is 1. The number of likely N-dealkylation sites (tertiary alicyclic amines) is 1. The third-order valence-corrected chi connectivity index (χ3v) is 5.35. The van der Waals surface area contributed by atoms with Crippen molar-refractivity contribution in [1.29, 1.82) is 0 Å². The first kappa shape index (κ1) is 20.3. The van der Waals surface area contributed by atoms with Gasteiger partial charge in [-0.25, -0.2) is 23.7 Å². The number of halogens is 2. The summed E-state index contributed by atoms with van der Waals surface area (Å²) in [6, 6.07) is 6.69. The molecule has 1 fully saturated rings. The largest absolute Gasteiger partial charge is 0.347 e. The van der Waals surface area contributed by atoms with E-state index in [1.54, 1.807) is 36.7 Å². The molecule has 1 aliphatic heterocycles. The molecular formula is C21H24F2N6O. The molecule has 0 aliphatic carbocycles. The topological polar surface area (TPSA) is 67.2 Å². The molecule has 0 bridgehead atoms. The van der Waals surface area contributed by atoms with E-state index < -0.39 is 18.5 Å². The molecule has 4 rings (SSSR count). The summed E-state index contributed by atoms with van der Waals surface area (Å²) in [5.41, 5.74) is 1.05. The van der Waals surface area contributed by atoms with Gasteiger partial charge in [0, 0.05) is 38.6 Å². The van der Waals surface area contributed by atoms with Gasteiger partial charge in [-0.15, -0.1) is 0 Å². The zero-order valence-corrected chi connectivity index (χ0v) is 17.0. The molecule has 0 saturated carbocycles. The molecule has 1 aliphatic rings. The van der Waals surface area contributed by atoms with Gasteiger partial charge in [0.15, 0.2) is 0 Å². The lowest BCUT2D eigenvalue weighted by Gasteiger charge is -2.26. The summed E-state index contributed by atoms with van der Waals surface area (Å²) in [5, 5.41) is 0.360. The molecule has 3 heterocycles. The van der Waals surface area contributed by atoms with Gasteiger partial charge in [0.05, 0.1) is 23.5 Å². The van der Waals surface area contributed by atoms with Crippen molar-refractivity contribution in [2.75, 3.05) is 25.5 Å². The van der Waals surface area contributed by atoms with Crippen molar-refractivity contribution in [3.63, 3.8) is 0 Å². The summed E-state index contributed by atoms with van der Waals surface area (Å²) < 4.78 is 27.7. The molecule has 1 aromatic carbocycles. The van der Waals surface area contributed by atoms with Crippen LogP contribution in [0, 0.1) is 0 Å². The summed E-state index contributed by atoms with van der Waals surface area (Å²) in [7, 11) is 3.75. The minimum Gasteiger partial charge on any atom is -0.347 e. The van der Waals surface area contributed by atoms with Crippen LogP contribution in [0.1, 0.15) is 30.3 Å². The highest BCUT2D eigenvalue weighted by Crippen LogP contribution is 2.32. The summed E-state index contributed by atoms with van der Waals surface area (Å²) in [6.45, 7) is 0.699. The third kappa shape index (κ3) is 4.02. The first-order chi connectivity index (χ1) is 14.4. The van der Waals surface area contributed by atoms with Crippen LogP contribution >= 0.6 is 0 Å². The molecule has 0 amide bonds. The molecule has 0 radical (unpaired) electrons. The fraction of sp³-hybridized carbons (Fsp3) is 0.429. The minimum atomic E-state index is -2.63. The van der Waals surface area contributed by atoms with Crippen molar-refractivity contribution in [3.8, 4) is 0 Å². The Labute approximate surface area is 173 Å². The van der Waals surface area contributed by atoms with Gasteiger partial charge in [-0.3, -0.25) is 14.3 Å². The van der Waals surface area contributed by atoms with Gasteiger partial charge in [0.1, 0.15) is 5.82 Å². The number of fused-ring (bicyclic) bond motifs is 1. The minimum absolute atomic E-state index is 0.213. The van der Waals surface area contributed by atoms with Crippen LogP contribution in [0.3, 0.4) is 0 Å². The standard InChI is InChI=1S/C21H24F2N6O/c1-27(2)21-24-10-14(11-25-21)12-28-9-5-8-17(28)19-26-16-7-4-3-6-15(16)20(30)29(19)13-18(22)23/h3-4,6-7,10-11,17-18H,5,8-9,12-13H2,1-2H3. The Morgan fingerprint density at radius 1 is 1.20 bits per heavy atom. The SMILES string of the molecule is CN(C)c1ncc(CN2CCCC2c2nc3ccccc3c(=O)n2CC(F)F)cn1. The van der Waals surface area contributed by atoms with Gasteiger partial charge < -0.3 is 4.90 Å². The van der Waals surface area contributed by atoms with Crippen LogP contribution in [0.25, 0.3) is 10.9 Å². The van der Waals surface area contributed by atoms with Crippen LogP contribution in [0.15, 0.2) is 41.5 Å². The summed E-state index contributed by atoms with van der Waals surface area (Å²) >= 11 is 0. The predicted molar refractivity (Wildman–Crippen MR) is 111 cm³/mol. The molecule has 1 atom stereocenters. The number of anilines is 1. The van der Waals surface area contributed by atoms with E-state index in [1.807, 2.05) is 19.0 Å². The van der Waals surface area contributed by atoms with Crippen molar-refractivity contribution >= 4 is 16.9 Å². The molecule has 7 nitrogen and oxygen atoms in total. The maximum atomic E-state index is 13.3. The normalized spacial score (nSPS) is 17.2. The lowest BCUT2D eigenvalue weighted by molar-refractivity contribution is 0.120. The monoisotopic (exact) mass is 414 g/mol. The van der Waals surface area contributed by atoms with E-state index in [0.29, 0.717) is 29.2 Å². The predicted octanol–water partition coefficient (Wildman–Crippen LogP) is 2.85. The Hall–Kier alpha value is -2.94. The first-order valence-electron chi connectivity index (χ1n) is 9.94. The highest BCUT2D eigenvalue weighted by Gasteiger charge is 2.31. The Bertz CT molecular complexity index is 1080. The van der Waals surface area contributed by atoms with Crippen LogP contribution < -0.4 is 10.5 Å². The number of hydrogen-bond acceptors (Lipinski definition) is 6. The number of nitrogens with zero attached hydrogens (tertiary/aromatic N) is 6. The molecule has 0 spiro atoms. The van der Waals surface area contributed by atoms with E-state index in [-0.39, 0.29) is 6.04 Å². The third-order valence-electron chi connectivity index (χ3n) is 5.35. The van der Waals surface area contributed by atoms with Gasteiger partial charge in [0.25, 0.3) is 12.0 Å². The van der Waals surface area contributed by atoms with Crippen molar-refractivity contribution in [2.24, 2.45) is 0 Å². The van der Waals surface area contributed by atoms with Crippen molar-refractivity contribution in [3.05, 3.63) is 58.4 Å². The highest BCUT2D eigenvalue weighted by atomic mass is 19.3. The Morgan fingerprint density at radius 3 is 2.63 bits per heavy atom. The van der Waals surface area contributed by atoms with Crippen molar-refractivity contribution in [2.45, 2.75) is 38.4 Å². The Kier molecular flexibility index (Phi) is 5.72. The maximum absolute atomic E-state index is 13.3. The molecule has 1 saturated heterocycles. The summed E-state index contributed by atoms with van der Waals surface area (Å²) in [6.07, 6.45) is 2.57. The van der Waals surface area contributed by atoms with Crippen LogP contribution in [0.2, 0.25) is 0 Å². The van der Waals surface area contributed by atoms with E-state index in [4.69, 9.17) is 0 Å². The second kappa shape index (κ2) is 8.43. The second-order valence-electron chi connectivity index (χ2n) is 7.71. The van der Waals surface area contributed by atoms with E-state index in [1.165, 1.54) is 0 Å². The lowest BCUT2D eigenvalue weighted by atomic mass is 10.1. The average Bonchev–Trinajstić information content (AvgIpc) is 3.18. The number of benzene rings is 1. The summed E-state index contributed by atoms with van der Waals surface area (Å²) in [4.78, 5) is 30.3. The lowest BCUT2D eigenvalue weighted by Crippen LogP contribution is -2.33. The molecule has 9 heteroatoms. The smallest absolute Gasteiger partial charge is 0.261 e.